The molecule has 0 unspecified atom stereocenters. The summed E-state index contributed by atoms with van der Waals surface area (Å²) in [4.78, 5) is 10.9. The average molecular weight is 178 g/mol. The van der Waals surface area contributed by atoms with Gasteiger partial charge in [-0.15, -0.1) is 0 Å². The number of hydrogen-bond donors (Lipinski definition) is 0. The van der Waals surface area contributed by atoms with E-state index in [4.69, 9.17) is 4.74 Å². The van der Waals surface area contributed by atoms with Gasteiger partial charge in [0.2, 0.25) is 0 Å². The zero-order chi connectivity index (χ0) is 9.68. The Labute approximate surface area is 78.5 Å². The lowest BCUT2D eigenvalue weighted by Crippen LogP contribution is -2.01. The fourth-order valence-electron chi connectivity index (χ4n) is 1.29. The van der Waals surface area contributed by atoms with E-state index in [1.165, 1.54) is 0 Å². The van der Waals surface area contributed by atoms with Crippen molar-refractivity contribution in [3.8, 4) is 0 Å². The predicted octanol–water partition coefficient (Wildman–Crippen LogP) is 1.96. The summed E-state index contributed by atoms with van der Waals surface area (Å²) in [6.07, 6.45) is 0.500. The monoisotopic (exact) mass is 178 g/mol. The molecule has 0 amide bonds. The number of ketones is 1. The van der Waals surface area contributed by atoms with Crippen LogP contribution in [-0.4, -0.2) is 12.9 Å². The molecule has 0 radical (unpaired) electrons. The maximum atomic E-state index is 10.9. The van der Waals surface area contributed by atoms with Crippen LogP contribution in [0, 0.1) is 0 Å². The molecule has 0 saturated carbocycles. The Morgan fingerprint density at radius 1 is 1.31 bits per heavy atom. The Morgan fingerprint density at radius 3 is 2.46 bits per heavy atom. The van der Waals surface area contributed by atoms with Crippen LogP contribution in [0.15, 0.2) is 24.3 Å². The Morgan fingerprint density at radius 2 is 1.92 bits per heavy atom. The molecule has 0 aliphatic heterocycles. The minimum absolute atomic E-state index is 0.184. The van der Waals surface area contributed by atoms with Gasteiger partial charge in [0.05, 0.1) is 6.61 Å². The highest BCUT2D eigenvalue weighted by molar-refractivity contribution is 5.78. The van der Waals surface area contributed by atoms with Crippen LogP contribution < -0.4 is 0 Å². The number of carbonyl (C=O) groups is 1. The van der Waals surface area contributed by atoms with Crippen LogP contribution in [0.1, 0.15) is 18.1 Å². The summed E-state index contributed by atoms with van der Waals surface area (Å²) in [5.74, 6) is 0.184. The number of methoxy groups -OCH3 is 1. The number of Topliss-reactive ketones (excluding diaryl/α,β-unsaturated/α-hetero) is 1. The molecule has 1 aromatic carbocycles. The second-order valence-corrected chi connectivity index (χ2v) is 3.08. The normalized spacial score (nSPS) is 10.0. The molecule has 0 atom stereocenters. The third kappa shape index (κ3) is 2.99. The molecule has 0 heterocycles. The van der Waals surface area contributed by atoms with E-state index in [9.17, 15) is 4.79 Å². The van der Waals surface area contributed by atoms with Crippen LogP contribution in [0.5, 0.6) is 0 Å². The molecule has 0 saturated heterocycles. The minimum Gasteiger partial charge on any atom is -0.380 e. The summed E-state index contributed by atoms with van der Waals surface area (Å²) in [7, 11) is 1.66. The highest BCUT2D eigenvalue weighted by atomic mass is 16.5. The van der Waals surface area contributed by atoms with E-state index in [1.807, 2.05) is 24.3 Å². The van der Waals surface area contributed by atoms with Gasteiger partial charge in [0, 0.05) is 13.5 Å². The van der Waals surface area contributed by atoms with E-state index in [0.717, 1.165) is 11.1 Å². The second kappa shape index (κ2) is 4.77. The standard InChI is InChI=1S/C11H14O2/c1-9(12)7-10-5-3-4-6-11(10)8-13-2/h3-6H,7-8H2,1-2H3. The third-order valence-corrected chi connectivity index (χ3v) is 1.86. The fourth-order valence-corrected chi connectivity index (χ4v) is 1.29. The summed E-state index contributed by atoms with van der Waals surface area (Å²) < 4.78 is 5.04. The van der Waals surface area contributed by atoms with E-state index in [0.29, 0.717) is 13.0 Å². The zero-order valence-corrected chi connectivity index (χ0v) is 8.04. The molecule has 13 heavy (non-hydrogen) atoms. The first-order chi connectivity index (χ1) is 6.24. The molecule has 70 valence electrons. The Bertz CT molecular complexity index is 292. The van der Waals surface area contributed by atoms with Crippen molar-refractivity contribution in [2.24, 2.45) is 0 Å². The molecular formula is C11H14O2. The lowest BCUT2D eigenvalue weighted by Gasteiger charge is -2.06. The summed E-state index contributed by atoms with van der Waals surface area (Å²) >= 11 is 0. The number of hydrogen-bond acceptors (Lipinski definition) is 2. The maximum absolute atomic E-state index is 10.9. The van der Waals surface area contributed by atoms with E-state index in [2.05, 4.69) is 0 Å². The quantitative estimate of drug-likeness (QED) is 0.704. The number of benzene rings is 1. The summed E-state index contributed by atoms with van der Waals surface area (Å²) in [5.41, 5.74) is 2.16. The zero-order valence-electron chi connectivity index (χ0n) is 8.04. The highest BCUT2D eigenvalue weighted by Crippen LogP contribution is 2.10. The largest absolute Gasteiger partial charge is 0.380 e. The Hall–Kier alpha value is -1.15. The van der Waals surface area contributed by atoms with E-state index in [1.54, 1.807) is 14.0 Å². The van der Waals surface area contributed by atoms with Gasteiger partial charge in [0.15, 0.2) is 0 Å². The van der Waals surface area contributed by atoms with Crippen LogP contribution in [-0.2, 0) is 22.6 Å². The number of ether oxygens (including phenoxy) is 1. The first-order valence-electron chi connectivity index (χ1n) is 4.29. The van der Waals surface area contributed by atoms with Crippen LogP contribution in [0.25, 0.3) is 0 Å². The van der Waals surface area contributed by atoms with Crippen LogP contribution in [0.4, 0.5) is 0 Å². The van der Waals surface area contributed by atoms with Gasteiger partial charge in [-0.1, -0.05) is 24.3 Å². The average Bonchev–Trinajstić information content (AvgIpc) is 2.08. The molecule has 1 aromatic rings. The van der Waals surface area contributed by atoms with Gasteiger partial charge >= 0.3 is 0 Å². The van der Waals surface area contributed by atoms with Gasteiger partial charge in [0.1, 0.15) is 5.78 Å². The van der Waals surface area contributed by atoms with Crippen LogP contribution >= 0.6 is 0 Å². The Balaban J connectivity index is 2.84. The molecule has 0 aliphatic rings. The van der Waals surface area contributed by atoms with Crippen LogP contribution in [0.3, 0.4) is 0 Å². The molecule has 0 fully saturated rings. The molecule has 0 bridgehead atoms. The van der Waals surface area contributed by atoms with Crippen molar-refractivity contribution in [1.82, 2.24) is 0 Å². The van der Waals surface area contributed by atoms with Crippen molar-refractivity contribution in [2.45, 2.75) is 20.0 Å². The smallest absolute Gasteiger partial charge is 0.134 e. The second-order valence-electron chi connectivity index (χ2n) is 3.08. The van der Waals surface area contributed by atoms with E-state index >= 15 is 0 Å². The first-order valence-corrected chi connectivity index (χ1v) is 4.29. The topological polar surface area (TPSA) is 26.3 Å². The summed E-state index contributed by atoms with van der Waals surface area (Å²) in [6.45, 7) is 2.17. The molecule has 0 spiro atoms. The minimum atomic E-state index is 0.184. The molecule has 2 nitrogen and oxygen atoms in total. The van der Waals surface area contributed by atoms with Crippen molar-refractivity contribution < 1.29 is 9.53 Å². The molecular weight excluding hydrogens is 164 g/mol. The lowest BCUT2D eigenvalue weighted by molar-refractivity contribution is -0.116. The molecule has 0 aromatic heterocycles. The molecule has 1 rings (SSSR count). The first kappa shape index (κ1) is 9.93. The van der Waals surface area contributed by atoms with Crippen molar-refractivity contribution in [3.63, 3.8) is 0 Å². The van der Waals surface area contributed by atoms with Gasteiger partial charge in [-0.3, -0.25) is 4.79 Å². The molecule has 0 aliphatic carbocycles. The van der Waals surface area contributed by atoms with Gasteiger partial charge < -0.3 is 4.74 Å². The fraction of sp³-hybridized carbons (Fsp3) is 0.364. The number of rotatable bonds is 4. The van der Waals surface area contributed by atoms with Gasteiger partial charge in [-0.05, 0) is 18.1 Å². The van der Waals surface area contributed by atoms with Crippen molar-refractivity contribution >= 4 is 5.78 Å². The van der Waals surface area contributed by atoms with Crippen LogP contribution in [0.2, 0.25) is 0 Å². The SMILES string of the molecule is COCc1ccccc1CC(C)=O. The van der Waals surface area contributed by atoms with E-state index < -0.39 is 0 Å². The van der Waals surface area contributed by atoms with Gasteiger partial charge in [-0.2, -0.15) is 0 Å². The molecule has 2 heteroatoms. The van der Waals surface area contributed by atoms with Gasteiger partial charge in [0.25, 0.3) is 0 Å². The highest BCUT2D eigenvalue weighted by Gasteiger charge is 2.02. The number of carbonyl (C=O) groups excluding carboxylic acids is 1. The lowest BCUT2D eigenvalue weighted by atomic mass is 10.0. The summed E-state index contributed by atoms with van der Waals surface area (Å²) in [5, 5.41) is 0. The van der Waals surface area contributed by atoms with Crippen molar-refractivity contribution in [3.05, 3.63) is 35.4 Å². The molecule has 0 N–H and O–H groups in total. The van der Waals surface area contributed by atoms with Crippen molar-refractivity contribution in [2.75, 3.05) is 7.11 Å². The predicted molar refractivity (Wildman–Crippen MR) is 51.5 cm³/mol. The summed E-state index contributed by atoms with van der Waals surface area (Å²) in [6, 6.07) is 7.85. The Kier molecular flexibility index (Phi) is 3.65. The maximum Gasteiger partial charge on any atom is 0.134 e. The van der Waals surface area contributed by atoms with Crippen molar-refractivity contribution in [1.29, 1.82) is 0 Å². The van der Waals surface area contributed by atoms with E-state index in [-0.39, 0.29) is 5.78 Å². The van der Waals surface area contributed by atoms with Gasteiger partial charge in [-0.25, -0.2) is 0 Å². The third-order valence-electron chi connectivity index (χ3n) is 1.86.